The molecule has 1 atom stereocenters. The van der Waals surface area contributed by atoms with Gasteiger partial charge in [-0.2, -0.15) is 5.26 Å². The van der Waals surface area contributed by atoms with Crippen LogP contribution < -0.4 is 15.6 Å². The van der Waals surface area contributed by atoms with Crippen molar-refractivity contribution >= 4 is 11.8 Å². The molecule has 1 aromatic rings. The summed E-state index contributed by atoms with van der Waals surface area (Å²) in [5.41, 5.74) is 5.18. The van der Waals surface area contributed by atoms with Crippen LogP contribution >= 0.6 is 0 Å². The summed E-state index contributed by atoms with van der Waals surface area (Å²) in [4.78, 5) is 23.1. The SMILES string of the molecule is CCCC(C)C(=O)NNC(=O)COc1ccc(C#N)cc1. The number of carbonyl (C=O) groups is 2. The van der Waals surface area contributed by atoms with E-state index < -0.39 is 5.91 Å². The Hall–Kier alpha value is -2.55. The van der Waals surface area contributed by atoms with Crippen LogP contribution in [0.5, 0.6) is 5.75 Å². The van der Waals surface area contributed by atoms with Gasteiger partial charge in [0.1, 0.15) is 5.75 Å². The Kier molecular flexibility index (Phi) is 6.75. The molecule has 2 amide bonds. The van der Waals surface area contributed by atoms with Crippen LogP contribution in [0.15, 0.2) is 24.3 Å². The van der Waals surface area contributed by atoms with Crippen LogP contribution in [0.4, 0.5) is 0 Å². The van der Waals surface area contributed by atoms with E-state index in [2.05, 4.69) is 10.9 Å². The molecule has 0 spiro atoms. The molecule has 0 saturated heterocycles. The summed E-state index contributed by atoms with van der Waals surface area (Å²) in [6.45, 7) is 3.58. The van der Waals surface area contributed by atoms with Crippen molar-refractivity contribution in [3.05, 3.63) is 29.8 Å². The van der Waals surface area contributed by atoms with Gasteiger partial charge < -0.3 is 4.74 Å². The lowest BCUT2D eigenvalue weighted by Crippen LogP contribution is -2.45. The fourth-order valence-electron chi connectivity index (χ4n) is 1.63. The number of hydrazine groups is 1. The predicted molar refractivity (Wildman–Crippen MR) is 77.0 cm³/mol. The zero-order valence-electron chi connectivity index (χ0n) is 12.2. The van der Waals surface area contributed by atoms with E-state index in [1.807, 2.05) is 13.0 Å². The molecule has 0 aromatic heterocycles. The number of rotatable bonds is 6. The summed E-state index contributed by atoms with van der Waals surface area (Å²) in [6.07, 6.45) is 1.67. The highest BCUT2D eigenvalue weighted by Gasteiger charge is 2.12. The number of nitrogens with zero attached hydrogens (tertiary/aromatic N) is 1. The first kappa shape index (κ1) is 16.5. The Balaban J connectivity index is 2.30. The highest BCUT2D eigenvalue weighted by atomic mass is 16.5. The van der Waals surface area contributed by atoms with Gasteiger partial charge in [-0.15, -0.1) is 0 Å². The topological polar surface area (TPSA) is 91.2 Å². The van der Waals surface area contributed by atoms with Crippen molar-refractivity contribution in [3.63, 3.8) is 0 Å². The summed E-state index contributed by atoms with van der Waals surface area (Å²) in [5.74, 6) is -0.329. The molecule has 0 aliphatic heterocycles. The summed E-state index contributed by atoms with van der Waals surface area (Å²) in [7, 11) is 0. The first-order valence-corrected chi connectivity index (χ1v) is 6.78. The molecular weight excluding hydrogens is 270 g/mol. The molecule has 0 heterocycles. The third-order valence-electron chi connectivity index (χ3n) is 2.85. The van der Waals surface area contributed by atoms with Crippen molar-refractivity contribution in [2.75, 3.05) is 6.61 Å². The Morgan fingerprint density at radius 3 is 2.52 bits per heavy atom. The standard InChI is InChI=1S/C15H19N3O3/c1-3-4-11(2)15(20)18-17-14(19)10-21-13-7-5-12(9-16)6-8-13/h5-8,11H,3-4,10H2,1-2H3,(H,17,19)(H,18,20). The number of hydrogen-bond acceptors (Lipinski definition) is 4. The molecule has 0 fully saturated rings. The van der Waals surface area contributed by atoms with E-state index in [0.717, 1.165) is 12.8 Å². The highest BCUT2D eigenvalue weighted by molar-refractivity contribution is 5.83. The van der Waals surface area contributed by atoms with Crippen LogP contribution in [0, 0.1) is 17.2 Å². The second-order valence-electron chi connectivity index (χ2n) is 4.65. The maximum atomic E-state index is 11.6. The number of benzene rings is 1. The monoisotopic (exact) mass is 289 g/mol. The fraction of sp³-hybridized carbons (Fsp3) is 0.400. The van der Waals surface area contributed by atoms with Crippen LogP contribution in [0.3, 0.4) is 0 Å². The van der Waals surface area contributed by atoms with E-state index in [1.54, 1.807) is 31.2 Å². The first-order valence-electron chi connectivity index (χ1n) is 6.78. The number of nitrogens with one attached hydrogen (secondary N) is 2. The lowest BCUT2D eigenvalue weighted by Gasteiger charge is -2.12. The third kappa shape index (κ3) is 5.95. The Labute approximate surface area is 124 Å². The van der Waals surface area contributed by atoms with Crippen molar-refractivity contribution in [1.82, 2.24) is 10.9 Å². The predicted octanol–water partition coefficient (Wildman–Crippen LogP) is 1.52. The minimum Gasteiger partial charge on any atom is -0.484 e. The molecular formula is C15H19N3O3. The Morgan fingerprint density at radius 2 is 1.95 bits per heavy atom. The summed E-state index contributed by atoms with van der Waals surface area (Å²) >= 11 is 0. The number of hydrogen-bond donors (Lipinski definition) is 2. The van der Waals surface area contributed by atoms with Crippen molar-refractivity contribution in [2.45, 2.75) is 26.7 Å². The van der Waals surface area contributed by atoms with Gasteiger partial charge in [-0.3, -0.25) is 20.4 Å². The van der Waals surface area contributed by atoms with Gasteiger partial charge in [-0.1, -0.05) is 20.3 Å². The van der Waals surface area contributed by atoms with Gasteiger partial charge >= 0.3 is 0 Å². The Morgan fingerprint density at radius 1 is 1.29 bits per heavy atom. The van der Waals surface area contributed by atoms with E-state index in [0.29, 0.717) is 11.3 Å². The molecule has 112 valence electrons. The quantitative estimate of drug-likeness (QED) is 0.777. The number of nitriles is 1. The van der Waals surface area contributed by atoms with Crippen molar-refractivity contribution in [1.29, 1.82) is 5.26 Å². The summed E-state index contributed by atoms with van der Waals surface area (Å²) < 4.78 is 5.23. The minimum atomic E-state index is -0.448. The molecule has 6 nitrogen and oxygen atoms in total. The minimum absolute atomic E-state index is 0.144. The molecule has 0 aliphatic rings. The fourth-order valence-corrected chi connectivity index (χ4v) is 1.63. The summed E-state index contributed by atoms with van der Waals surface area (Å²) in [5, 5.41) is 8.66. The van der Waals surface area contributed by atoms with Crippen LogP contribution in [-0.2, 0) is 9.59 Å². The zero-order chi connectivity index (χ0) is 15.7. The van der Waals surface area contributed by atoms with E-state index in [-0.39, 0.29) is 18.4 Å². The molecule has 0 radical (unpaired) electrons. The highest BCUT2D eigenvalue weighted by Crippen LogP contribution is 2.11. The molecule has 0 saturated carbocycles. The Bertz CT molecular complexity index is 520. The van der Waals surface area contributed by atoms with E-state index in [4.69, 9.17) is 10.00 Å². The van der Waals surface area contributed by atoms with Crippen molar-refractivity contribution in [2.24, 2.45) is 5.92 Å². The number of carbonyl (C=O) groups excluding carboxylic acids is 2. The third-order valence-corrected chi connectivity index (χ3v) is 2.85. The molecule has 1 rings (SSSR count). The van der Waals surface area contributed by atoms with Crippen LogP contribution in [0.25, 0.3) is 0 Å². The molecule has 21 heavy (non-hydrogen) atoms. The van der Waals surface area contributed by atoms with Crippen LogP contribution in [-0.4, -0.2) is 18.4 Å². The normalized spacial score (nSPS) is 11.1. The van der Waals surface area contributed by atoms with Gasteiger partial charge in [-0.05, 0) is 30.7 Å². The van der Waals surface area contributed by atoms with E-state index in [9.17, 15) is 9.59 Å². The molecule has 1 unspecified atom stereocenters. The van der Waals surface area contributed by atoms with Crippen LogP contribution in [0.1, 0.15) is 32.3 Å². The molecule has 0 bridgehead atoms. The maximum absolute atomic E-state index is 11.6. The van der Waals surface area contributed by atoms with E-state index in [1.165, 1.54) is 0 Å². The summed E-state index contributed by atoms with van der Waals surface area (Å²) in [6, 6.07) is 8.40. The lowest BCUT2D eigenvalue weighted by molar-refractivity contribution is -0.131. The van der Waals surface area contributed by atoms with E-state index >= 15 is 0 Å². The van der Waals surface area contributed by atoms with Crippen molar-refractivity contribution in [3.8, 4) is 11.8 Å². The van der Waals surface area contributed by atoms with Gasteiger partial charge in [0.2, 0.25) is 5.91 Å². The molecule has 6 heteroatoms. The van der Waals surface area contributed by atoms with Crippen LogP contribution in [0.2, 0.25) is 0 Å². The zero-order valence-corrected chi connectivity index (χ0v) is 12.2. The van der Waals surface area contributed by atoms with Gasteiger partial charge in [0, 0.05) is 5.92 Å². The first-order chi connectivity index (χ1) is 10.1. The average molecular weight is 289 g/mol. The second kappa shape index (κ2) is 8.59. The maximum Gasteiger partial charge on any atom is 0.276 e. The molecule has 1 aromatic carbocycles. The number of amides is 2. The molecule has 2 N–H and O–H groups in total. The second-order valence-corrected chi connectivity index (χ2v) is 4.65. The van der Waals surface area contributed by atoms with Gasteiger partial charge in [0.25, 0.3) is 5.91 Å². The smallest absolute Gasteiger partial charge is 0.276 e. The lowest BCUT2D eigenvalue weighted by atomic mass is 10.1. The largest absolute Gasteiger partial charge is 0.484 e. The average Bonchev–Trinajstić information content (AvgIpc) is 2.51. The number of ether oxygens (including phenoxy) is 1. The van der Waals surface area contributed by atoms with Crippen molar-refractivity contribution < 1.29 is 14.3 Å². The van der Waals surface area contributed by atoms with Gasteiger partial charge in [0.15, 0.2) is 6.61 Å². The molecule has 0 aliphatic carbocycles. The van der Waals surface area contributed by atoms with Gasteiger partial charge in [0.05, 0.1) is 11.6 Å². The van der Waals surface area contributed by atoms with Gasteiger partial charge in [-0.25, -0.2) is 0 Å².